The summed E-state index contributed by atoms with van der Waals surface area (Å²) < 4.78 is 33.4. The van der Waals surface area contributed by atoms with Crippen LogP contribution in [0.2, 0.25) is 10.0 Å². The summed E-state index contributed by atoms with van der Waals surface area (Å²) in [5.74, 6) is 0.0491. The molecule has 4 aromatic carbocycles. The van der Waals surface area contributed by atoms with Gasteiger partial charge in [-0.2, -0.15) is 5.10 Å². The monoisotopic (exact) mass is 567 g/mol. The maximum atomic E-state index is 13.3. The van der Waals surface area contributed by atoms with Gasteiger partial charge < -0.3 is 4.74 Å². The fourth-order valence-corrected chi connectivity index (χ4v) is 5.21. The van der Waals surface area contributed by atoms with E-state index in [1.165, 1.54) is 30.5 Å². The van der Waals surface area contributed by atoms with Crippen LogP contribution < -0.4 is 14.5 Å². The number of sulfonamides is 1. The Morgan fingerprint density at radius 3 is 2.26 bits per heavy atom. The number of nitrogens with one attached hydrogen (secondary N) is 1. The Morgan fingerprint density at radius 2 is 1.58 bits per heavy atom. The number of carbonyl (C=O) groups is 1. The van der Waals surface area contributed by atoms with Crippen molar-refractivity contribution in [2.45, 2.75) is 11.5 Å². The van der Waals surface area contributed by atoms with Gasteiger partial charge in [0.25, 0.3) is 15.9 Å². The van der Waals surface area contributed by atoms with Crippen LogP contribution in [0.5, 0.6) is 5.75 Å². The van der Waals surface area contributed by atoms with E-state index in [-0.39, 0.29) is 4.90 Å². The normalized spacial score (nSPS) is 11.3. The molecule has 10 heteroatoms. The van der Waals surface area contributed by atoms with Gasteiger partial charge in [-0.1, -0.05) is 53.5 Å². The average molecular weight is 568 g/mol. The summed E-state index contributed by atoms with van der Waals surface area (Å²) in [6.07, 6.45) is 1.46. The van der Waals surface area contributed by atoms with E-state index >= 15 is 0 Å². The maximum Gasteiger partial charge on any atom is 0.264 e. The molecular weight excluding hydrogens is 545 g/mol. The molecule has 0 aromatic heterocycles. The number of nitrogens with zero attached hydrogens (tertiary/aromatic N) is 2. The van der Waals surface area contributed by atoms with Gasteiger partial charge in [0.2, 0.25) is 0 Å². The first-order chi connectivity index (χ1) is 18.3. The first-order valence-electron chi connectivity index (χ1n) is 11.4. The van der Waals surface area contributed by atoms with Crippen LogP contribution in [0.3, 0.4) is 0 Å². The van der Waals surface area contributed by atoms with Crippen molar-refractivity contribution < 1.29 is 17.9 Å². The van der Waals surface area contributed by atoms with Crippen LogP contribution in [0, 0.1) is 0 Å². The van der Waals surface area contributed by atoms with Gasteiger partial charge in [0, 0.05) is 10.0 Å². The highest BCUT2D eigenvalue weighted by atomic mass is 35.5. The average Bonchev–Trinajstić information content (AvgIpc) is 2.92. The summed E-state index contributed by atoms with van der Waals surface area (Å²) in [6, 6.07) is 28.6. The van der Waals surface area contributed by atoms with Crippen LogP contribution in [0.1, 0.15) is 11.1 Å². The summed E-state index contributed by atoms with van der Waals surface area (Å²) in [5.41, 5.74) is 4.35. The number of carbonyl (C=O) groups excluding carboxylic acids is 1. The Labute approximate surface area is 231 Å². The zero-order valence-corrected chi connectivity index (χ0v) is 22.3. The molecule has 194 valence electrons. The van der Waals surface area contributed by atoms with Crippen LogP contribution in [0.4, 0.5) is 5.69 Å². The second-order valence-corrected chi connectivity index (χ2v) is 10.8. The molecular formula is C28H23Cl2N3O4S. The van der Waals surface area contributed by atoms with Crippen molar-refractivity contribution in [3.05, 3.63) is 124 Å². The van der Waals surface area contributed by atoms with Crippen molar-refractivity contribution in [3.63, 3.8) is 0 Å². The maximum absolute atomic E-state index is 13.3. The SMILES string of the molecule is O=C(CN(c1ccc(Cl)cc1)S(=O)(=O)c1ccccc1)NN=Cc1ccc(OCc2cccc(Cl)c2)cc1. The molecule has 0 aliphatic heterocycles. The van der Waals surface area contributed by atoms with Gasteiger partial charge in [0.15, 0.2) is 0 Å². The zero-order valence-electron chi connectivity index (χ0n) is 20.0. The molecule has 0 heterocycles. The molecule has 0 saturated carbocycles. The second kappa shape index (κ2) is 12.6. The first kappa shape index (κ1) is 27.2. The number of benzene rings is 4. The summed E-state index contributed by atoms with van der Waals surface area (Å²) in [7, 11) is -4.02. The predicted molar refractivity (Wildman–Crippen MR) is 150 cm³/mol. The lowest BCUT2D eigenvalue weighted by molar-refractivity contribution is -0.119. The quantitative estimate of drug-likeness (QED) is 0.190. The van der Waals surface area contributed by atoms with E-state index in [1.807, 2.05) is 18.2 Å². The van der Waals surface area contributed by atoms with Crippen LogP contribution >= 0.6 is 23.2 Å². The van der Waals surface area contributed by atoms with Crippen molar-refractivity contribution in [2.24, 2.45) is 5.10 Å². The van der Waals surface area contributed by atoms with E-state index in [0.717, 1.165) is 9.87 Å². The van der Waals surface area contributed by atoms with Crippen LogP contribution in [0.15, 0.2) is 113 Å². The Kier molecular flexibility index (Phi) is 9.02. The third-order valence-electron chi connectivity index (χ3n) is 5.31. The molecule has 1 amide bonds. The highest BCUT2D eigenvalue weighted by Crippen LogP contribution is 2.25. The molecule has 7 nitrogen and oxygen atoms in total. The number of hydrogen-bond acceptors (Lipinski definition) is 5. The van der Waals surface area contributed by atoms with E-state index in [1.54, 1.807) is 60.7 Å². The largest absolute Gasteiger partial charge is 0.489 e. The number of rotatable bonds is 10. The standard InChI is InChI=1S/C28H23Cl2N3O4S/c29-23-11-13-25(14-12-23)33(38(35,36)27-7-2-1-3-8-27)19-28(34)32-31-18-21-9-15-26(16-10-21)37-20-22-5-4-6-24(30)17-22/h1-18H,19-20H2,(H,32,34). The number of ether oxygens (including phenoxy) is 1. The highest BCUT2D eigenvalue weighted by molar-refractivity contribution is 7.92. The number of amides is 1. The molecule has 0 aliphatic carbocycles. The lowest BCUT2D eigenvalue weighted by Gasteiger charge is -2.23. The number of anilines is 1. The van der Waals surface area contributed by atoms with E-state index in [0.29, 0.717) is 33.7 Å². The van der Waals surface area contributed by atoms with Gasteiger partial charge in [-0.15, -0.1) is 0 Å². The number of hydrogen-bond donors (Lipinski definition) is 1. The molecule has 0 atom stereocenters. The smallest absolute Gasteiger partial charge is 0.264 e. The Morgan fingerprint density at radius 1 is 0.868 bits per heavy atom. The molecule has 0 fully saturated rings. The van der Waals surface area contributed by atoms with Gasteiger partial charge in [-0.3, -0.25) is 9.10 Å². The fourth-order valence-electron chi connectivity index (χ4n) is 3.43. The van der Waals surface area contributed by atoms with Crippen molar-refractivity contribution in [1.29, 1.82) is 0 Å². The third kappa shape index (κ3) is 7.35. The molecule has 1 N–H and O–H groups in total. The van der Waals surface area contributed by atoms with Gasteiger partial charge in [0.1, 0.15) is 18.9 Å². The molecule has 0 unspecified atom stereocenters. The summed E-state index contributed by atoms with van der Waals surface area (Å²) >= 11 is 12.0. The van der Waals surface area contributed by atoms with E-state index in [9.17, 15) is 13.2 Å². The summed E-state index contributed by atoms with van der Waals surface area (Å²) in [6.45, 7) is -0.105. The predicted octanol–water partition coefficient (Wildman–Crippen LogP) is 5.92. The lowest BCUT2D eigenvalue weighted by Crippen LogP contribution is -2.39. The minimum Gasteiger partial charge on any atom is -0.489 e. The summed E-state index contributed by atoms with van der Waals surface area (Å²) in [4.78, 5) is 12.7. The van der Waals surface area contributed by atoms with Crippen molar-refractivity contribution in [3.8, 4) is 5.75 Å². The molecule has 0 bridgehead atoms. The minimum atomic E-state index is -4.02. The molecule has 0 aliphatic rings. The van der Waals surface area contributed by atoms with Crippen LogP contribution in [-0.2, 0) is 21.4 Å². The van der Waals surface area contributed by atoms with E-state index in [4.69, 9.17) is 27.9 Å². The second-order valence-electron chi connectivity index (χ2n) is 8.08. The van der Waals surface area contributed by atoms with E-state index in [2.05, 4.69) is 10.5 Å². The highest BCUT2D eigenvalue weighted by Gasteiger charge is 2.27. The van der Waals surface area contributed by atoms with Crippen molar-refractivity contribution in [1.82, 2.24) is 5.43 Å². The van der Waals surface area contributed by atoms with Crippen molar-refractivity contribution >= 4 is 51.0 Å². The van der Waals surface area contributed by atoms with Crippen LogP contribution in [-0.4, -0.2) is 27.1 Å². The van der Waals surface area contributed by atoms with Gasteiger partial charge >= 0.3 is 0 Å². The Balaban J connectivity index is 1.39. The van der Waals surface area contributed by atoms with Gasteiger partial charge in [-0.05, 0) is 83.9 Å². The third-order valence-corrected chi connectivity index (χ3v) is 7.59. The topological polar surface area (TPSA) is 88.1 Å². The molecule has 0 spiro atoms. The zero-order chi connectivity index (χ0) is 27.0. The Hall–Kier alpha value is -3.85. The summed E-state index contributed by atoms with van der Waals surface area (Å²) in [5, 5.41) is 5.06. The Bertz CT molecular complexity index is 1510. The van der Waals surface area contributed by atoms with Crippen molar-refractivity contribution in [2.75, 3.05) is 10.8 Å². The molecule has 0 radical (unpaired) electrons. The minimum absolute atomic E-state index is 0.0592. The molecule has 38 heavy (non-hydrogen) atoms. The molecule has 0 saturated heterocycles. The molecule has 4 rings (SSSR count). The first-order valence-corrected chi connectivity index (χ1v) is 13.6. The van der Waals surface area contributed by atoms with Gasteiger partial charge in [0.05, 0.1) is 16.8 Å². The molecule has 4 aromatic rings. The number of hydrazone groups is 1. The van der Waals surface area contributed by atoms with E-state index < -0.39 is 22.5 Å². The van der Waals surface area contributed by atoms with Crippen LogP contribution in [0.25, 0.3) is 0 Å². The lowest BCUT2D eigenvalue weighted by atomic mass is 10.2. The van der Waals surface area contributed by atoms with Gasteiger partial charge in [-0.25, -0.2) is 13.8 Å². The fraction of sp³-hybridized carbons (Fsp3) is 0.0714. The number of halogens is 2.